The number of para-hydroxylation sites is 1. The van der Waals surface area contributed by atoms with Crippen molar-refractivity contribution in [2.24, 2.45) is 0 Å². The molecule has 122 valence electrons. The molecule has 0 bridgehead atoms. The fraction of sp³-hybridized carbons (Fsp3) is 0.533. The molecule has 1 aromatic carbocycles. The summed E-state index contributed by atoms with van der Waals surface area (Å²) >= 11 is 0. The van der Waals surface area contributed by atoms with Gasteiger partial charge in [0, 0.05) is 18.3 Å². The Kier molecular flexibility index (Phi) is 5.42. The van der Waals surface area contributed by atoms with E-state index in [4.69, 9.17) is 0 Å². The van der Waals surface area contributed by atoms with Gasteiger partial charge in [0.1, 0.15) is 0 Å². The van der Waals surface area contributed by atoms with Crippen LogP contribution in [0.5, 0.6) is 0 Å². The van der Waals surface area contributed by atoms with E-state index in [1.807, 2.05) is 30.3 Å². The van der Waals surface area contributed by atoms with Gasteiger partial charge in [0.2, 0.25) is 5.91 Å². The lowest BCUT2D eigenvalue weighted by molar-refractivity contribution is -0.120. The molecular weight excluding hydrogens is 304 g/mol. The van der Waals surface area contributed by atoms with E-state index >= 15 is 0 Å². The number of anilines is 1. The molecule has 1 heterocycles. The van der Waals surface area contributed by atoms with Crippen molar-refractivity contribution in [1.29, 1.82) is 0 Å². The number of hydrogen-bond donors (Lipinski definition) is 2. The number of rotatable bonds is 6. The Morgan fingerprint density at radius 1 is 1.41 bits per heavy atom. The van der Waals surface area contributed by atoms with E-state index < -0.39 is 15.9 Å². The van der Waals surface area contributed by atoms with Crippen LogP contribution in [-0.2, 0) is 14.6 Å². The van der Waals surface area contributed by atoms with Crippen molar-refractivity contribution in [3.63, 3.8) is 0 Å². The van der Waals surface area contributed by atoms with Crippen molar-refractivity contribution in [2.75, 3.05) is 29.5 Å². The van der Waals surface area contributed by atoms with Crippen molar-refractivity contribution in [3.8, 4) is 0 Å². The number of nitrogens with zero attached hydrogens (tertiary/aromatic N) is 1. The summed E-state index contributed by atoms with van der Waals surface area (Å²) in [7, 11) is -3.01. The monoisotopic (exact) mass is 326 g/mol. The summed E-state index contributed by atoms with van der Waals surface area (Å²) in [6.45, 7) is 2.09. The van der Waals surface area contributed by atoms with E-state index in [2.05, 4.69) is 5.32 Å². The standard InChI is InChI=1S/C15H22N2O4S/c1-12(18)9-17(14-5-3-2-4-6-14)10-15(19)16-13-7-8-22(20,21)11-13/h2-6,12-13,18H,7-11H2,1H3,(H,16,19). The van der Waals surface area contributed by atoms with E-state index in [0.29, 0.717) is 13.0 Å². The van der Waals surface area contributed by atoms with Gasteiger partial charge in [-0.05, 0) is 25.5 Å². The smallest absolute Gasteiger partial charge is 0.239 e. The van der Waals surface area contributed by atoms with Gasteiger partial charge < -0.3 is 15.3 Å². The summed E-state index contributed by atoms with van der Waals surface area (Å²) in [5, 5.41) is 12.4. The molecule has 22 heavy (non-hydrogen) atoms. The van der Waals surface area contributed by atoms with Crippen LogP contribution in [0.25, 0.3) is 0 Å². The molecule has 1 fully saturated rings. The number of amides is 1. The van der Waals surface area contributed by atoms with Crippen LogP contribution in [0, 0.1) is 0 Å². The van der Waals surface area contributed by atoms with Crippen molar-refractivity contribution >= 4 is 21.4 Å². The second-order valence-electron chi connectivity index (χ2n) is 5.73. The minimum Gasteiger partial charge on any atom is -0.392 e. The van der Waals surface area contributed by atoms with Crippen molar-refractivity contribution in [3.05, 3.63) is 30.3 Å². The molecule has 0 spiro atoms. The number of hydrogen-bond acceptors (Lipinski definition) is 5. The van der Waals surface area contributed by atoms with Gasteiger partial charge >= 0.3 is 0 Å². The Labute approximate surface area is 131 Å². The van der Waals surface area contributed by atoms with Crippen LogP contribution in [0.3, 0.4) is 0 Å². The van der Waals surface area contributed by atoms with E-state index in [1.54, 1.807) is 11.8 Å². The Morgan fingerprint density at radius 3 is 2.64 bits per heavy atom. The first kappa shape index (κ1) is 16.8. The van der Waals surface area contributed by atoms with Crippen LogP contribution in [0.4, 0.5) is 5.69 Å². The number of aliphatic hydroxyl groups is 1. The van der Waals surface area contributed by atoms with Crippen LogP contribution < -0.4 is 10.2 Å². The van der Waals surface area contributed by atoms with E-state index in [9.17, 15) is 18.3 Å². The average molecular weight is 326 g/mol. The van der Waals surface area contributed by atoms with Gasteiger partial charge in [0.15, 0.2) is 9.84 Å². The molecule has 0 aromatic heterocycles. The second kappa shape index (κ2) is 7.11. The highest BCUT2D eigenvalue weighted by Crippen LogP contribution is 2.14. The molecule has 2 rings (SSSR count). The number of carbonyl (C=O) groups excluding carboxylic acids is 1. The zero-order valence-corrected chi connectivity index (χ0v) is 13.4. The molecule has 0 saturated carbocycles. The molecule has 0 aliphatic carbocycles. The Balaban J connectivity index is 1.97. The van der Waals surface area contributed by atoms with Gasteiger partial charge in [-0.3, -0.25) is 4.79 Å². The highest BCUT2D eigenvalue weighted by atomic mass is 32.2. The summed E-state index contributed by atoms with van der Waals surface area (Å²) in [5.74, 6) is -0.0827. The maximum absolute atomic E-state index is 12.1. The van der Waals surface area contributed by atoms with E-state index in [0.717, 1.165) is 5.69 Å². The average Bonchev–Trinajstić information content (AvgIpc) is 2.77. The van der Waals surface area contributed by atoms with Gasteiger partial charge in [-0.2, -0.15) is 0 Å². The van der Waals surface area contributed by atoms with Gasteiger partial charge in [-0.1, -0.05) is 18.2 Å². The molecule has 2 atom stereocenters. The number of carbonyl (C=O) groups is 1. The largest absolute Gasteiger partial charge is 0.392 e. The fourth-order valence-electron chi connectivity index (χ4n) is 2.57. The second-order valence-corrected chi connectivity index (χ2v) is 7.96. The maximum Gasteiger partial charge on any atom is 0.239 e. The highest BCUT2D eigenvalue weighted by Gasteiger charge is 2.29. The minimum atomic E-state index is -3.01. The molecule has 1 aromatic rings. The molecule has 0 radical (unpaired) electrons. The number of sulfone groups is 1. The topological polar surface area (TPSA) is 86.7 Å². The predicted molar refractivity (Wildman–Crippen MR) is 85.5 cm³/mol. The quantitative estimate of drug-likeness (QED) is 0.779. The van der Waals surface area contributed by atoms with E-state index in [-0.39, 0.29) is 30.0 Å². The lowest BCUT2D eigenvalue weighted by atomic mass is 10.2. The van der Waals surface area contributed by atoms with Gasteiger partial charge in [0.25, 0.3) is 0 Å². The molecule has 1 saturated heterocycles. The van der Waals surface area contributed by atoms with Crippen molar-refractivity contribution in [1.82, 2.24) is 5.32 Å². The fourth-order valence-corrected chi connectivity index (χ4v) is 4.25. The SMILES string of the molecule is CC(O)CN(CC(=O)NC1CCS(=O)(=O)C1)c1ccccc1. The lowest BCUT2D eigenvalue weighted by Crippen LogP contribution is -2.44. The van der Waals surface area contributed by atoms with Crippen LogP contribution in [0.1, 0.15) is 13.3 Å². The van der Waals surface area contributed by atoms with Crippen LogP contribution in [-0.4, -0.2) is 56.2 Å². The maximum atomic E-state index is 12.1. The highest BCUT2D eigenvalue weighted by molar-refractivity contribution is 7.91. The molecule has 2 unspecified atom stereocenters. The summed E-state index contributed by atoms with van der Waals surface area (Å²) in [4.78, 5) is 13.9. The molecule has 7 heteroatoms. The van der Waals surface area contributed by atoms with Gasteiger partial charge in [-0.25, -0.2) is 8.42 Å². The van der Waals surface area contributed by atoms with Gasteiger partial charge in [0.05, 0.1) is 24.2 Å². The molecule has 6 nitrogen and oxygen atoms in total. The van der Waals surface area contributed by atoms with Crippen LogP contribution in [0.2, 0.25) is 0 Å². The Hall–Kier alpha value is -1.60. The first-order valence-corrected chi connectivity index (χ1v) is 9.16. The minimum absolute atomic E-state index is 0.0144. The lowest BCUT2D eigenvalue weighted by Gasteiger charge is -2.26. The summed E-state index contributed by atoms with van der Waals surface area (Å²) in [5.41, 5.74) is 0.845. The van der Waals surface area contributed by atoms with Gasteiger partial charge in [-0.15, -0.1) is 0 Å². The van der Waals surface area contributed by atoms with Crippen molar-refractivity contribution < 1.29 is 18.3 Å². The molecule has 1 aliphatic rings. The summed E-state index contributed by atoms with van der Waals surface area (Å²) in [6, 6.07) is 9.05. The molecule has 1 amide bonds. The first-order valence-electron chi connectivity index (χ1n) is 7.33. The third-order valence-corrected chi connectivity index (χ3v) is 5.31. The zero-order valence-electron chi connectivity index (χ0n) is 12.6. The third kappa shape index (κ3) is 4.99. The third-order valence-electron chi connectivity index (χ3n) is 3.54. The van der Waals surface area contributed by atoms with E-state index in [1.165, 1.54) is 0 Å². The van der Waals surface area contributed by atoms with Crippen molar-refractivity contribution in [2.45, 2.75) is 25.5 Å². The normalized spacial score (nSPS) is 21.3. The summed E-state index contributed by atoms with van der Waals surface area (Å²) < 4.78 is 22.8. The zero-order chi connectivity index (χ0) is 16.2. The predicted octanol–water partition coefficient (Wildman–Crippen LogP) is 0.177. The Bertz CT molecular complexity index is 601. The molecule has 1 aliphatic heterocycles. The summed E-state index contributed by atoms with van der Waals surface area (Å²) in [6.07, 6.45) is -0.102. The molecular formula is C15H22N2O4S. The number of aliphatic hydroxyl groups excluding tert-OH is 1. The van der Waals surface area contributed by atoms with Crippen LogP contribution >= 0.6 is 0 Å². The number of nitrogens with one attached hydrogen (secondary N) is 1. The van der Waals surface area contributed by atoms with Crippen LogP contribution in [0.15, 0.2) is 30.3 Å². The first-order chi connectivity index (χ1) is 10.4. The number of benzene rings is 1. The molecule has 2 N–H and O–H groups in total. The Morgan fingerprint density at radius 2 is 2.09 bits per heavy atom.